The average Bonchev–Trinajstić information content (AvgIpc) is 3.32. The molecule has 1 saturated heterocycles. The van der Waals surface area contributed by atoms with Gasteiger partial charge >= 0.3 is 5.97 Å². The first-order chi connectivity index (χ1) is 17.5. The lowest BCUT2D eigenvalue weighted by Gasteiger charge is -2.33. The smallest absolute Gasteiger partial charge is 0.306 e. The Morgan fingerprint density at radius 3 is 2.72 bits per heavy atom. The number of ether oxygens (including phenoxy) is 3. The van der Waals surface area contributed by atoms with Gasteiger partial charge in [0.05, 0.1) is 30.4 Å². The molecule has 1 aliphatic carbocycles. The van der Waals surface area contributed by atoms with Gasteiger partial charge in [-0.3, -0.25) is 9.89 Å². The summed E-state index contributed by atoms with van der Waals surface area (Å²) < 4.78 is 31.6. The van der Waals surface area contributed by atoms with E-state index in [1.807, 2.05) is 6.07 Å². The van der Waals surface area contributed by atoms with Crippen LogP contribution in [0, 0.1) is 11.7 Å². The summed E-state index contributed by atoms with van der Waals surface area (Å²) in [6.45, 7) is 1.27. The number of hydrogen-bond acceptors (Lipinski definition) is 6. The number of nitrogens with zero attached hydrogens (tertiary/aromatic N) is 2. The summed E-state index contributed by atoms with van der Waals surface area (Å²) >= 11 is 0. The molecule has 2 aromatic carbocycles. The minimum absolute atomic E-state index is 0.129. The highest BCUT2D eigenvalue weighted by Crippen LogP contribution is 2.44. The van der Waals surface area contributed by atoms with Crippen molar-refractivity contribution in [3.63, 3.8) is 0 Å². The molecule has 3 heterocycles. The van der Waals surface area contributed by atoms with Gasteiger partial charge in [0.15, 0.2) is 11.6 Å². The molecule has 0 atom stereocenters. The molecule has 0 unspecified atom stereocenters. The molecule has 0 spiro atoms. The fourth-order valence-electron chi connectivity index (χ4n) is 5.24. The fraction of sp³-hybridized carbons (Fsp3) is 0.370. The van der Waals surface area contributed by atoms with Gasteiger partial charge in [-0.25, -0.2) is 9.37 Å². The molecule has 0 amide bonds. The molecule has 9 heteroatoms. The van der Waals surface area contributed by atoms with E-state index in [1.54, 1.807) is 18.3 Å². The molecule has 186 valence electrons. The molecule has 8 nitrogen and oxygen atoms in total. The fourth-order valence-corrected chi connectivity index (χ4v) is 5.24. The van der Waals surface area contributed by atoms with E-state index in [0.717, 1.165) is 51.3 Å². The Kier molecular flexibility index (Phi) is 5.72. The number of benzene rings is 2. The maximum Gasteiger partial charge on any atom is 0.306 e. The second kappa shape index (κ2) is 9.05. The molecular formula is C27H26FN3O5. The van der Waals surface area contributed by atoms with E-state index >= 15 is 0 Å². The number of aromatic amines is 1. The third-order valence-electron chi connectivity index (χ3n) is 7.33. The first-order valence-corrected chi connectivity index (χ1v) is 12.1. The van der Waals surface area contributed by atoms with Crippen LogP contribution in [0.5, 0.6) is 11.6 Å². The van der Waals surface area contributed by atoms with Crippen LogP contribution < -0.4 is 9.47 Å². The molecule has 2 aliphatic rings. The van der Waals surface area contributed by atoms with Gasteiger partial charge in [-0.1, -0.05) is 6.07 Å². The van der Waals surface area contributed by atoms with E-state index in [4.69, 9.17) is 19.2 Å². The summed E-state index contributed by atoms with van der Waals surface area (Å²) in [7, 11) is 1.45. The van der Waals surface area contributed by atoms with Crippen LogP contribution in [0.2, 0.25) is 0 Å². The number of aliphatic carboxylic acids is 1. The van der Waals surface area contributed by atoms with Crippen molar-refractivity contribution in [2.24, 2.45) is 5.92 Å². The number of aromatic nitrogens is 3. The number of hydrogen-bond donors (Lipinski definition) is 2. The van der Waals surface area contributed by atoms with E-state index in [-0.39, 0.29) is 23.7 Å². The molecule has 6 rings (SSSR count). The van der Waals surface area contributed by atoms with Gasteiger partial charge in [0.2, 0.25) is 5.88 Å². The number of carboxylic acid groups (broad SMARTS) is 1. The van der Waals surface area contributed by atoms with Crippen molar-refractivity contribution in [2.45, 2.75) is 37.7 Å². The average molecular weight is 492 g/mol. The van der Waals surface area contributed by atoms with Crippen LogP contribution in [-0.2, 0) is 9.53 Å². The number of carboxylic acids is 1. The van der Waals surface area contributed by atoms with Crippen LogP contribution in [0.4, 0.5) is 4.39 Å². The van der Waals surface area contributed by atoms with Gasteiger partial charge in [-0.2, -0.15) is 5.10 Å². The molecule has 4 aromatic rings. The van der Waals surface area contributed by atoms with Gasteiger partial charge in [0.25, 0.3) is 0 Å². The van der Waals surface area contributed by atoms with Crippen molar-refractivity contribution >= 4 is 27.6 Å². The number of halogens is 1. The van der Waals surface area contributed by atoms with Crippen molar-refractivity contribution in [1.82, 2.24) is 15.2 Å². The Balaban J connectivity index is 1.57. The summed E-state index contributed by atoms with van der Waals surface area (Å²) in [4.78, 5) is 16.4. The lowest BCUT2D eigenvalue weighted by molar-refractivity contribution is -0.148. The van der Waals surface area contributed by atoms with Crippen molar-refractivity contribution in [3.8, 4) is 22.8 Å². The zero-order valence-corrected chi connectivity index (χ0v) is 19.8. The quantitative estimate of drug-likeness (QED) is 0.388. The molecule has 1 saturated carbocycles. The normalized spacial score (nSPS) is 20.4. The van der Waals surface area contributed by atoms with Crippen LogP contribution in [0.1, 0.15) is 37.3 Å². The van der Waals surface area contributed by atoms with Crippen molar-refractivity contribution in [1.29, 1.82) is 0 Å². The van der Waals surface area contributed by atoms with Crippen LogP contribution in [0.15, 0.2) is 36.5 Å². The van der Waals surface area contributed by atoms with Gasteiger partial charge in [0, 0.05) is 35.5 Å². The number of nitrogens with one attached hydrogen (secondary N) is 1. The van der Waals surface area contributed by atoms with Crippen LogP contribution in [0.3, 0.4) is 0 Å². The number of methoxy groups -OCH3 is 1. The summed E-state index contributed by atoms with van der Waals surface area (Å²) in [6, 6.07) is 8.89. The number of rotatable bonds is 6. The van der Waals surface area contributed by atoms with Crippen molar-refractivity contribution in [2.75, 3.05) is 20.3 Å². The Bertz CT molecular complexity index is 1460. The first-order valence-electron chi connectivity index (χ1n) is 12.1. The topological polar surface area (TPSA) is 107 Å². The molecule has 1 aliphatic heterocycles. The van der Waals surface area contributed by atoms with Gasteiger partial charge in [-0.15, -0.1) is 0 Å². The molecule has 0 radical (unpaired) electrons. The highest BCUT2D eigenvalue weighted by atomic mass is 19.1. The highest BCUT2D eigenvalue weighted by molar-refractivity contribution is 6.06. The molecular weight excluding hydrogens is 465 g/mol. The second-order valence-corrected chi connectivity index (χ2v) is 9.51. The third-order valence-corrected chi connectivity index (χ3v) is 7.33. The minimum Gasteiger partial charge on any atom is -0.494 e. The van der Waals surface area contributed by atoms with Gasteiger partial charge in [-0.05, 0) is 60.9 Å². The lowest BCUT2D eigenvalue weighted by atomic mass is 9.82. The zero-order valence-electron chi connectivity index (χ0n) is 19.8. The maximum atomic E-state index is 14.3. The van der Waals surface area contributed by atoms with Crippen molar-refractivity contribution < 1.29 is 28.5 Å². The molecule has 0 bridgehead atoms. The summed E-state index contributed by atoms with van der Waals surface area (Å²) in [5, 5.41) is 19.1. The summed E-state index contributed by atoms with van der Waals surface area (Å²) in [6.07, 6.45) is 4.08. The Morgan fingerprint density at radius 2 is 1.97 bits per heavy atom. The summed E-state index contributed by atoms with van der Waals surface area (Å²) in [5.74, 6) is -0.838. The van der Waals surface area contributed by atoms with Crippen molar-refractivity contribution in [3.05, 3.63) is 48.0 Å². The standard InChI is InChI=1S/C27H26FN3O5/c1-34-23-11-15(2-3-21(23)28)24-19-10-17-13-29-31-22(17)12-20(19)26(36-18-8-16(9-18)27(32)33)30-25(24)14-4-6-35-7-5-14/h2-3,10-14,16,18H,4-9H2,1H3,(H,29,31)(H,32,33)/t16-,18-. The first kappa shape index (κ1) is 22.7. The Morgan fingerprint density at radius 1 is 1.17 bits per heavy atom. The van der Waals surface area contributed by atoms with Crippen LogP contribution >= 0.6 is 0 Å². The largest absolute Gasteiger partial charge is 0.494 e. The lowest BCUT2D eigenvalue weighted by Crippen LogP contribution is -2.38. The minimum atomic E-state index is -0.796. The monoisotopic (exact) mass is 491 g/mol. The SMILES string of the molecule is COc1cc(-c2c(C3CCOCC3)nc(O[C@H]3C[C@H](C(=O)O)C3)c3cc4[nH]ncc4cc23)ccc1F. The number of H-pyrrole nitrogens is 1. The summed E-state index contributed by atoms with van der Waals surface area (Å²) in [5.41, 5.74) is 3.41. The predicted octanol–water partition coefficient (Wildman–Crippen LogP) is 5.06. The number of carbonyl (C=O) groups is 1. The van der Waals surface area contributed by atoms with E-state index in [9.17, 15) is 14.3 Å². The number of fused-ring (bicyclic) bond motifs is 2. The zero-order chi connectivity index (χ0) is 24.8. The van der Waals surface area contributed by atoms with E-state index in [1.165, 1.54) is 13.2 Å². The molecule has 2 aromatic heterocycles. The van der Waals surface area contributed by atoms with Gasteiger partial charge in [0.1, 0.15) is 6.10 Å². The van der Waals surface area contributed by atoms with E-state index in [2.05, 4.69) is 16.3 Å². The second-order valence-electron chi connectivity index (χ2n) is 9.51. The Hall–Kier alpha value is -3.72. The molecule has 2 N–H and O–H groups in total. The third kappa shape index (κ3) is 3.93. The van der Waals surface area contributed by atoms with Crippen LogP contribution in [-0.4, -0.2) is 52.7 Å². The highest BCUT2D eigenvalue weighted by Gasteiger charge is 2.37. The van der Waals surface area contributed by atoms with Crippen LogP contribution in [0.25, 0.3) is 32.8 Å². The molecule has 2 fully saturated rings. The maximum absolute atomic E-state index is 14.3. The predicted molar refractivity (Wildman–Crippen MR) is 131 cm³/mol. The number of pyridine rings is 1. The Labute approximate surface area is 206 Å². The van der Waals surface area contributed by atoms with E-state index < -0.39 is 11.8 Å². The van der Waals surface area contributed by atoms with Gasteiger partial charge < -0.3 is 19.3 Å². The van der Waals surface area contributed by atoms with E-state index in [0.29, 0.717) is 31.9 Å². The molecule has 36 heavy (non-hydrogen) atoms.